The topological polar surface area (TPSA) is 73.3 Å². The predicted octanol–water partition coefficient (Wildman–Crippen LogP) is 2.84. The Morgan fingerprint density at radius 1 is 1.29 bits per heavy atom. The van der Waals surface area contributed by atoms with Crippen molar-refractivity contribution in [3.8, 4) is 11.5 Å². The predicted molar refractivity (Wildman–Crippen MR) is 94.4 cm³/mol. The number of hydrogen-bond acceptors (Lipinski definition) is 6. The van der Waals surface area contributed by atoms with Crippen LogP contribution in [-0.4, -0.2) is 42.9 Å². The zero-order valence-electron chi connectivity index (χ0n) is 13.6. The molecule has 0 fully saturated rings. The number of carbonyl (C=O) groups excluding carboxylic acids is 1. The van der Waals surface area contributed by atoms with Gasteiger partial charge in [0.25, 0.3) is 5.91 Å². The first-order valence-corrected chi connectivity index (χ1v) is 8.75. The third kappa shape index (κ3) is 4.52. The summed E-state index contributed by atoms with van der Waals surface area (Å²) in [6, 6.07) is 5.65. The van der Waals surface area contributed by atoms with Gasteiger partial charge in [0.15, 0.2) is 16.7 Å². The summed E-state index contributed by atoms with van der Waals surface area (Å²) < 4.78 is 10.5. The molecule has 0 aliphatic carbocycles. The molecule has 6 nitrogen and oxygen atoms in total. The Hall–Kier alpha value is -1.99. The van der Waals surface area contributed by atoms with E-state index in [4.69, 9.17) is 21.1 Å². The maximum atomic E-state index is 12.2. The van der Waals surface area contributed by atoms with E-state index in [-0.39, 0.29) is 16.6 Å². The molecule has 0 saturated heterocycles. The van der Waals surface area contributed by atoms with Gasteiger partial charge >= 0.3 is 0 Å². The SMILES string of the molecule is COc1ccc(CCNC(=O)c2cnc(SC)nc2Cl)cc1OC. The number of ether oxygens (including phenoxy) is 2. The smallest absolute Gasteiger partial charge is 0.256 e. The van der Waals surface area contributed by atoms with Crippen LogP contribution >= 0.6 is 23.4 Å². The first kappa shape index (κ1) is 18.4. The zero-order chi connectivity index (χ0) is 17.5. The third-order valence-corrected chi connectivity index (χ3v) is 4.14. The number of hydrogen-bond donors (Lipinski definition) is 1. The van der Waals surface area contributed by atoms with Gasteiger partial charge in [0.2, 0.25) is 0 Å². The van der Waals surface area contributed by atoms with Crippen LogP contribution in [-0.2, 0) is 6.42 Å². The second-order valence-corrected chi connectivity index (χ2v) is 5.89. The van der Waals surface area contributed by atoms with Crippen LogP contribution in [0, 0.1) is 0 Å². The largest absolute Gasteiger partial charge is 0.493 e. The highest BCUT2D eigenvalue weighted by molar-refractivity contribution is 7.98. The summed E-state index contributed by atoms with van der Waals surface area (Å²) in [7, 11) is 3.18. The highest BCUT2D eigenvalue weighted by atomic mass is 35.5. The molecule has 1 N–H and O–H groups in total. The summed E-state index contributed by atoms with van der Waals surface area (Å²) in [4.78, 5) is 20.3. The molecule has 2 rings (SSSR count). The van der Waals surface area contributed by atoms with Gasteiger partial charge in [-0.25, -0.2) is 9.97 Å². The van der Waals surface area contributed by atoms with Crippen molar-refractivity contribution in [2.45, 2.75) is 11.6 Å². The summed E-state index contributed by atoms with van der Waals surface area (Å²) in [5, 5.41) is 3.49. The minimum Gasteiger partial charge on any atom is -0.493 e. The van der Waals surface area contributed by atoms with Crippen molar-refractivity contribution < 1.29 is 14.3 Å². The molecular weight excluding hydrogens is 350 g/mol. The Morgan fingerprint density at radius 3 is 2.67 bits per heavy atom. The highest BCUT2D eigenvalue weighted by Crippen LogP contribution is 2.27. The first-order valence-electron chi connectivity index (χ1n) is 7.14. The zero-order valence-corrected chi connectivity index (χ0v) is 15.2. The molecule has 1 aromatic carbocycles. The van der Waals surface area contributed by atoms with E-state index in [1.807, 2.05) is 24.5 Å². The molecule has 0 radical (unpaired) electrons. The molecule has 0 spiro atoms. The molecule has 1 aromatic heterocycles. The maximum Gasteiger partial charge on any atom is 0.256 e. The van der Waals surface area contributed by atoms with E-state index in [0.29, 0.717) is 29.6 Å². The molecule has 0 bridgehead atoms. The van der Waals surface area contributed by atoms with Gasteiger partial charge in [-0.15, -0.1) is 0 Å². The summed E-state index contributed by atoms with van der Waals surface area (Å²) in [5.74, 6) is 1.03. The van der Waals surface area contributed by atoms with Crippen molar-refractivity contribution in [1.82, 2.24) is 15.3 Å². The molecule has 0 aliphatic heterocycles. The second-order valence-electron chi connectivity index (χ2n) is 4.76. The standard InChI is InChI=1S/C16H18ClN3O3S/c1-22-12-5-4-10(8-13(12)23-2)6-7-18-15(21)11-9-19-16(24-3)20-14(11)17/h4-5,8-9H,6-7H2,1-3H3,(H,18,21). The minimum absolute atomic E-state index is 0.151. The Bertz CT molecular complexity index is 728. The number of carbonyl (C=O) groups is 1. The lowest BCUT2D eigenvalue weighted by Crippen LogP contribution is -2.26. The number of halogens is 1. The molecule has 8 heteroatoms. The fraction of sp³-hybridized carbons (Fsp3) is 0.312. The average molecular weight is 368 g/mol. The number of thioether (sulfide) groups is 1. The van der Waals surface area contributed by atoms with E-state index >= 15 is 0 Å². The van der Waals surface area contributed by atoms with Crippen LogP contribution < -0.4 is 14.8 Å². The lowest BCUT2D eigenvalue weighted by Gasteiger charge is -2.10. The highest BCUT2D eigenvalue weighted by Gasteiger charge is 2.13. The van der Waals surface area contributed by atoms with Crippen LogP contribution in [0.2, 0.25) is 5.15 Å². The van der Waals surface area contributed by atoms with Crippen molar-refractivity contribution in [3.05, 3.63) is 40.7 Å². The van der Waals surface area contributed by atoms with Gasteiger partial charge in [0.1, 0.15) is 5.15 Å². The monoisotopic (exact) mass is 367 g/mol. The normalized spacial score (nSPS) is 10.3. The summed E-state index contributed by atoms with van der Waals surface area (Å²) in [5.41, 5.74) is 1.29. The number of rotatable bonds is 7. The second kappa shape index (κ2) is 8.75. The fourth-order valence-electron chi connectivity index (χ4n) is 2.05. The number of amides is 1. The van der Waals surface area contributed by atoms with Crippen LogP contribution in [0.5, 0.6) is 11.5 Å². The van der Waals surface area contributed by atoms with E-state index < -0.39 is 0 Å². The molecule has 0 saturated carbocycles. The molecule has 0 unspecified atom stereocenters. The lowest BCUT2D eigenvalue weighted by atomic mass is 10.1. The van der Waals surface area contributed by atoms with Crippen LogP contribution in [0.1, 0.15) is 15.9 Å². The van der Waals surface area contributed by atoms with Crippen LogP contribution in [0.15, 0.2) is 29.6 Å². The van der Waals surface area contributed by atoms with Crippen molar-refractivity contribution in [1.29, 1.82) is 0 Å². The summed E-state index contributed by atoms with van der Waals surface area (Å²) in [6.07, 6.45) is 3.93. The van der Waals surface area contributed by atoms with Crippen LogP contribution in [0.3, 0.4) is 0 Å². The summed E-state index contributed by atoms with van der Waals surface area (Å²) >= 11 is 7.38. The molecule has 0 aliphatic rings. The average Bonchev–Trinajstić information content (AvgIpc) is 2.61. The molecule has 1 amide bonds. The van der Waals surface area contributed by atoms with Gasteiger partial charge in [-0.05, 0) is 30.4 Å². The van der Waals surface area contributed by atoms with Crippen molar-refractivity contribution >= 4 is 29.3 Å². The van der Waals surface area contributed by atoms with Crippen LogP contribution in [0.4, 0.5) is 0 Å². The van der Waals surface area contributed by atoms with E-state index in [2.05, 4.69) is 15.3 Å². The van der Waals surface area contributed by atoms with Gasteiger partial charge in [0.05, 0.1) is 19.8 Å². The number of benzene rings is 1. The molecule has 0 atom stereocenters. The Morgan fingerprint density at radius 2 is 2.04 bits per heavy atom. The van der Waals surface area contributed by atoms with E-state index in [9.17, 15) is 4.79 Å². The maximum absolute atomic E-state index is 12.2. The first-order chi connectivity index (χ1) is 11.6. The third-order valence-electron chi connectivity index (χ3n) is 3.29. The molecule has 1 heterocycles. The number of nitrogens with zero attached hydrogens (tertiary/aromatic N) is 2. The minimum atomic E-state index is -0.298. The Balaban J connectivity index is 1.95. The Kier molecular flexibility index (Phi) is 6.69. The quantitative estimate of drug-likeness (QED) is 0.461. The van der Waals surface area contributed by atoms with E-state index in [1.54, 1.807) is 14.2 Å². The van der Waals surface area contributed by atoms with Crippen molar-refractivity contribution in [2.75, 3.05) is 27.0 Å². The lowest BCUT2D eigenvalue weighted by molar-refractivity contribution is 0.0953. The number of aromatic nitrogens is 2. The molecule has 2 aromatic rings. The molecule has 128 valence electrons. The number of methoxy groups -OCH3 is 2. The molecule has 24 heavy (non-hydrogen) atoms. The van der Waals surface area contributed by atoms with Gasteiger partial charge in [-0.2, -0.15) is 0 Å². The molecular formula is C16H18ClN3O3S. The van der Waals surface area contributed by atoms with Crippen molar-refractivity contribution in [2.24, 2.45) is 0 Å². The van der Waals surface area contributed by atoms with Crippen LogP contribution in [0.25, 0.3) is 0 Å². The Labute approximate surface area is 149 Å². The van der Waals surface area contributed by atoms with Gasteiger partial charge in [0, 0.05) is 12.7 Å². The van der Waals surface area contributed by atoms with E-state index in [1.165, 1.54) is 18.0 Å². The van der Waals surface area contributed by atoms with Gasteiger partial charge in [-0.1, -0.05) is 29.4 Å². The van der Waals surface area contributed by atoms with E-state index in [0.717, 1.165) is 5.56 Å². The van der Waals surface area contributed by atoms with Crippen molar-refractivity contribution in [3.63, 3.8) is 0 Å². The summed E-state index contributed by atoms with van der Waals surface area (Å²) in [6.45, 7) is 0.453. The number of nitrogens with one attached hydrogen (secondary N) is 1. The fourth-order valence-corrected chi connectivity index (χ4v) is 2.65. The van der Waals surface area contributed by atoms with Gasteiger partial charge < -0.3 is 14.8 Å². The van der Waals surface area contributed by atoms with Gasteiger partial charge in [-0.3, -0.25) is 4.79 Å².